The molecule has 1 amide bonds. The number of benzene rings is 1. The zero-order valence-corrected chi connectivity index (χ0v) is 13.9. The second-order valence-electron chi connectivity index (χ2n) is 3.86. The average Bonchev–Trinajstić information content (AvgIpc) is 2.85. The van der Waals surface area contributed by atoms with Crippen molar-refractivity contribution in [1.82, 2.24) is 10.2 Å². The lowest BCUT2D eigenvalue weighted by Gasteiger charge is -2.20. The van der Waals surface area contributed by atoms with Gasteiger partial charge in [0.05, 0.1) is 5.69 Å². The molecule has 11 heteroatoms. The Bertz CT molecular complexity index is 759. The maximum atomic E-state index is 11.7. The van der Waals surface area contributed by atoms with Crippen LogP contribution in [0.5, 0.6) is 0 Å². The second-order valence-corrected chi connectivity index (χ2v) is 7.49. The maximum absolute atomic E-state index is 11.7. The van der Waals surface area contributed by atoms with Crippen molar-refractivity contribution in [1.29, 1.82) is 0 Å². The van der Waals surface area contributed by atoms with Crippen molar-refractivity contribution < 1.29 is 13.2 Å². The van der Waals surface area contributed by atoms with Gasteiger partial charge in [-0.2, -0.15) is 0 Å². The number of sulfonamides is 1. The first-order valence-corrected chi connectivity index (χ1v) is 8.62. The highest BCUT2D eigenvalue weighted by Crippen LogP contribution is 2.23. The molecular weight excluding hydrogens is 382 g/mol. The second kappa shape index (κ2) is 6.05. The normalized spacial score (nSPS) is 11.2. The summed E-state index contributed by atoms with van der Waals surface area (Å²) in [7, 11) is -3.91. The quantitative estimate of drug-likeness (QED) is 0.758. The highest BCUT2D eigenvalue weighted by atomic mass is 79.9. The molecule has 8 nitrogen and oxygen atoms in total. The number of hydrogen-bond acceptors (Lipinski definition) is 7. The van der Waals surface area contributed by atoms with E-state index >= 15 is 0 Å². The largest absolute Gasteiger partial charge is 0.273 e. The van der Waals surface area contributed by atoms with E-state index in [1.807, 2.05) is 0 Å². The summed E-state index contributed by atoms with van der Waals surface area (Å²) in [6.07, 6.45) is 0. The SMILES string of the molecule is CC(=O)N(Nc1nnc(S(N)(=O)=O)s1)c1ccc(Br)cc1. The van der Waals surface area contributed by atoms with Gasteiger partial charge in [0.1, 0.15) is 0 Å². The minimum absolute atomic E-state index is 0.136. The average molecular weight is 392 g/mol. The van der Waals surface area contributed by atoms with E-state index in [9.17, 15) is 13.2 Å². The third-order valence-electron chi connectivity index (χ3n) is 2.26. The molecule has 0 saturated carbocycles. The molecule has 21 heavy (non-hydrogen) atoms. The molecule has 0 spiro atoms. The van der Waals surface area contributed by atoms with Gasteiger partial charge in [-0.25, -0.2) is 18.6 Å². The van der Waals surface area contributed by atoms with Crippen molar-refractivity contribution >= 4 is 54.0 Å². The number of nitrogens with two attached hydrogens (primary N) is 1. The van der Waals surface area contributed by atoms with Gasteiger partial charge in [-0.1, -0.05) is 27.3 Å². The standard InChI is InChI=1S/C10H10BrN5O3S2/c1-6(17)16(8-4-2-7(11)3-5-8)15-9-13-14-10(20-9)21(12,18)19/h2-5H,1H3,(H,13,15)(H2,12,18,19). The lowest BCUT2D eigenvalue weighted by molar-refractivity contribution is -0.116. The van der Waals surface area contributed by atoms with Gasteiger partial charge < -0.3 is 0 Å². The fourth-order valence-electron chi connectivity index (χ4n) is 1.38. The van der Waals surface area contributed by atoms with Crippen LogP contribution in [0.3, 0.4) is 0 Å². The zero-order chi connectivity index (χ0) is 15.6. The van der Waals surface area contributed by atoms with Crippen molar-refractivity contribution in [2.24, 2.45) is 5.14 Å². The summed E-state index contributed by atoms with van der Waals surface area (Å²) in [6, 6.07) is 6.95. The molecule has 0 aliphatic rings. The van der Waals surface area contributed by atoms with Gasteiger partial charge in [0.15, 0.2) is 0 Å². The Balaban J connectivity index is 2.27. The molecule has 1 aromatic heterocycles. The smallest absolute Gasteiger partial charge is 0.267 e. The first-order chi connectivity index (χ1) is 9.77. The number of carbonyl (C=O) groups excluding carboxylic acids is 1. The van der Waals surface area contributed by atoms with Crippen LogP contribution >= 0.6 is 27.3 Å². The molecule has 112 valence electrons. The number of amides is 1. The number of halogens is 1. The fourth-order valence-corrected chi connectivity index (χ4v) is 2.97. The summed E-state index contributed by atoms with van der Waals surface area (Å²) >= 11 is 4.03. The molecule has 0 bridgehead atoms. The van der Waals surface area contributed by atoms with E-state index in [4.69, 9.17) is 5.14 Å². The molecule has 3 N–H and O–H groups in total. The lowest BCUT2D eigenvalue weighted by atomic mass is 10.3. The Morgan fingerprint density at radius 1 is 1.33 bits per heavy atom. The van der Waals surface area contributed by atoms with Crippen molar-refractivity contribution in [3.8, 4) is 0 Å². The third-order valence-corrected chi connectivity index (χ3v) is 4.92. The van der Waals surface area contributed by atoms with E-state index in [0.29, 0.717) is 5.69 Å². The van der Waals surface area contributed by atoms with Crippen LogP contribution in [0, 0.1) is 0 Å². The van der Waals surface area contributed by atoms with Gasteiger partial charge in [0.25, 0.3) is 10.0 Å². The van der Waals surface area contributed by atoms with Crippen LogP contribution in [-0.4, -0.2) is 24.5 Å². The van der Waals surface area contributed by atoms with Gasteiger partial charge in [-0.05, 0) is 24.3 Å². The molecular formula is C10H10BrN5O3S2. The van der Waals surface area contributed by atoms with Crippen LogP contribution in [0.4, 0.5) is 10.8 Å². The number of rotatable bonds is 4. The number of hydrogen-bond donors (Lipinski definition) is 2. The first kappa shape index (κ1) is 15.8. The predicted octanol–water partition coefficient (Wildman–Crippen LogP) is 1.33. The summed E-state index contributed by atoms with van der Waals surface area (Å²) in [5.41, 5.74) is 3.27. The van der Waals surface area contributed by atoms with Crippen LogP contribution < -0.4 is 15.6 Å². The van der Waals surface area contributed by atoms with Crippen LogP contribution in [0.15, 0.2) is 33.1 Å². The summed E-state index contributed by atoms with van der Waals surface area (Å²) in [5, 5.41) is 13.4. The van der Waals surface area contributed by atoms with E-state index in [0.717, 1.165) is 15.8 Å². The van der Waals surface area contributed by atoms with Gasteiger partial charge in [0, 0.05) is 11.4 Å². The molecule has 0 saturated heterocycles. The maximum Gasteiger partial charge on any atom is 0.267 e. The van der Waals surface area contributed by atoms with Crippen molar-refractivity contribution in [2.75, 3.05) is 10.4 Å². The molecule has 0 fully saturated rings. The minimum atomic E-state index is -3.91. The lowest BCUT2D eigenvalue weighted by Crippen LogP contribution is -2.34. The van der Waals surface area contributed by atoms with Crippen molar-refractivity contribution in [3.05, 3.63) is 28.7 Å². The Hall–Kier alpha value is -1.56. The van der Waals surface area contributed by atoms with Crippen LogP contribution in [0.2, 0.25) is 0 Å². The van der Waals surface area contributed by atoms with E-state index < -0.39 is 10.0 Å². The zero-order valence-electron chi connectivity index (χ0n) is 10.6. The van der Waals surface area contributed by atoms with E-state index in [2.05, 4.69) is 31.6 Å². The monoisotopic (exact) mass is 391 g/mol. The number of aromatic nitrogens is 2. The number of anilines is 2. The van der Waals surface area contributed by atoms with Gasteiger partial charge in [0.2, 0.25) is 15.4 Å². The number of carbonyl (C=O) groups is 1. The molecule has 2 rings (SSSR count). The topological polar surface area (TPSA) is 118 Å². The summed E-state index contributed by atoms with van der Waals surface area (Å²) in [5.74, 6) is -0.301. The predicted molar refractivity (Wildman–Crippen MR) is 82.2 cm³/mol. The number of hydrazine groups is 1. The molecule has 2 aromatic rings. The minimum Gasteiger partial charge on any atom is -0.273 e. The van der Waals surface area contributed by atoms with Crippen molar-refractivity contribution in [2.45, 2.75) is 11.3 Å². The highest BCUT2D eigenvalue weighted by Gasteiger charge is 2.18. The van der Waals surface area contributed by atoms with E-state index in [1.54, 1.807) is 24.3 Å². The Kier molecular flexibility index (Phi) is 4.56. The van der Waals surface area contributed by atoms with Gasteiger partial charge >= 0.3 is 0 Å². The summed E-state index contributed by atoms with van der Waals surface area (Å²) in [6.45, 7) is 1.36. The number of primary sulfonamides is 1. The Morgan fingerprint density at radius 3 is 2.43 bits per heavy atom. The summed E-state index contributed by atoms with van der Waals surface area (Å²) < 4.78 is 22.8. The molecule has 0 unspecified atom stereocenters. The highest BCUT2D eigenvalue weighted by molar-refractivity contribution is 9.10. The van der Waals surface area contributed by atoms with Gasteiger partial charge in [-0.15, -0.1) is 10.2 Å². The molecule has 1 heterocycles. The first-order valence-electron chi connectivity index (χ1n) is 5.46. The molecule has 0 aliphatic carbocycles. The fraction of sp³-hybridized carbons (Fsp3) is 0.100. The van der Waals surface area contributed by atoms with Crippen molar-refractivity contribution in [3.63, 3.8) is 0 Å². The van der Waals surface area contributed by atoms with E-state index in [-0.39, 0.29) is 15.4 Å². The van der Waals surface area contributed by atoms with Crippen LogP contribution in [-0.2, 0) is 14.8 Å². The summed E-state index contributed by atoms with van der Waals surface area (Å²) in [4.78, 5) is 11.7. The van der Waals surface area contributed by atoms with Gasteiger partial charge in [-0.3, -0.25) is 10.2 Å². The molecule has 0 radical (unpaired) electrons. The van der Waals surface area contributed by atoms with Crippen LogP contribution in [0.1, 0.15) is 6.92 Å². The molecule has 1 aromatic carbocycles. The Labute approximate surface area is 133 Å². The number of nitrogens with zero attached hydrogens (tertiary/aromatic N) is 3. The number of nitrogens with one attached hydrogen (secondary N) is 1. The van der Waals surface area contributed by atoms with E-state index in [1.165, 1.54) is 11.9 Å². The third kappa shape index (κ3) is 3.97. The van der Waals surface area contributed by atoms with Crippen LogP contribution in [0.25, 0.3) is 0 Å². The molecule has 0 atom stereocenters. The molecule has 0 aliphatic heterocycles. The Morgan fingerprint density at radius 2 is 1.95 bits per heavy atom.